The van der Waals surface area contributed by atoms with Crippen molar-refractivity contribution < 1.29 is 0 Å². The summed E-state index contributed by atoms with van der Waals surface area (Å²) in [5.41, 5.74) is 5.16. The molecule has 0 aliphatic carbocycles. The lowest BCUT2D eigenvalue weighted by atomic mass is 9.99. The molecule has 3 nitrogen and oxygen atoms in total. The summed E-state index contributed by atoms with van der Waals surface area (Å²) in [7, 11) is 0. The van der Waals surface area contributed by atoms with Gasteiger partial charge in [-0.2, -0.15) is 5.26 Å². The molecule has 20 heavy (non-hydrogen) atoms. The van der Waals surface area contributed by atoms with Gasteiger partial charge in [0.15, 0.2) is 0 Å². The van der Waals surface area contributed by atoms with Crippen molar-refractivity contribution in [1.82, 2.24) is 9.88 Å². The van der Waals surface area contributed by atoms with Gasteiger partial charge in [0.1, 0.15) is 0 Å². The average molecular weight is 265 g/mol. The number of hydrogen-bond acceptors (Lipinski definition) is 3. The van der Waals surface area contributed by atoms with Gasteiger partial charge in [0, 0.05) is 43.6 Å². The van der Waals surface area contributed by atoms with Crippen molar-refractivity contribution in [3.8, 4) is 6.07 Å². The maximum Gasteiger partial charge on any atom is 0.0708 e. The van der Waals surface area contributed by atoms with E-state index in [0.717, 1.165) is 38.0 Å². The molecule has 0 unspecified atom stereocenters. The van der Waals surface area contributed by atoms with Gasteiger partial charge in [-0.15, -0.1) is 0 Å². The van der Waals surface area contributed by atoms with Gasteiger partial charge in [0.2, 0.25) is 0 Å². The van der Waals surface area contributed by atoms with E-state index in [9.17, 15) is 0 Å². The van der Waals surface area contributed by atoms with Crippen LogP contribution in [0.25, 0.3) is 10.9 Å². The van der Waals surface area contributed by atoms with Gasteiger partial charge < -0.3 is 4.90 Å². The van der Waals surface area contributed by atoms with E-state index in [1.807, 2.05) is 0 Å². The van der Waals surface area contributed by atoms with Crippen molar-refractivity contribution >= 4 is 10.9 Å². The van der Waals surface area contributed by atoms with Gasteiger partial charge >= 0.3 is 0 Å². The summed E-state index contributed by atoms with van der Waals surface area (Å²) in [6, 6.07) is 10.6. The Bertz CT molecular complexity index is 670. The van der Waals surface area contributed by atoms with Crippen LogP contribution >= 0.6 is 0 Å². The predicted molar refractivity (Wildman–Crippen MR) is 80.6 cm³/mol. The van der Waals surface area contributed by atoms with Crippen LogP contribution < -0.4 is 0 Å². The van der Waals surface area contributed by atoms with Crippen molar-refractivity contribution in [3.05, 3.63) is 41.1 Å². The Kier molecular flexibility index (Phi) is 3.66. The summed E-state index contributed by atoms with van der Waals surface area (Å²) in [6.07, 6.45) is 2.65. The smallest absolute Gasteiger partial charge is 0.0708 e. The minimum Gasteiger partial charge on any atom is -0.302 e. The molecule has 0 saturated carbocycles. The molecular weight excluding hydrogens is 246 g/mol. The molecule has 0 amide bonds. The van der Waals surface area contributed by atoms with Crippen molar-refractivity contribution in [3.63, 3.8) is 0 Å². The molecule has 0 fully saturated rings. The summed E-state index contributed by atoms with van der Waals surface area (Å²) in [5.74, 6) is 0. The van der Waals surface area contributed by atoms with Crippen LogP contribution in [0.15, 0.2) is 24.3 Å². The van der Waals surface area contributed by atoms with Crippen molar-refractivity contribution in [2.24, 2.45) is 0 Å². The van der Waals surface area contributed by atoms with Gasteiger partial charge in [-0.05, 0) is 30.5 Å². The van der Waals surface area contributed by atoms with Crippen LogP contribution in [-0.4, -0.2) is 29.5 Å². The molecule has 0 spiro atoms. The van der Waals surface area contributed by atoms with E-state index in [4.69, 9.17) is 10.2 Å². The summed E-state index contributed by atoms with van der Waals surface area (Å²) >= 11 is 0. The predicted octanol–water partition coefficient (Wildman–Crippen LogP) is 2.86. The molecular formula is C17H19N3. The first kappa shape index (κ1) is 13.1. The molecule has 1 aliphatic heterocycles. The van der Waals surface area contributed by atoms with E-state index >= 15 is 0 Å². The number of aryl methyl sites for hydroxylation is 1. The fraction of sp³-hybridized carbons (Fsp3) is 0.412. The lowest BCUT2D eigenvalue weighted by molar-refractivity contribution is 0.294. The zero-order chi connectivity index (χ0) is 13.9. The Balaban J connectivity index is 1.94. The highest BCUT2D eigenvalue weighted by molar-refractivity contribution is 5.83. The second-order valence-corrected chi connectivity index (χ2v) is 5.43. The molecule has 1 aromatic heterocycles. The van der Waals surface area contributed by atoms with E-state index in [-0.39, 0.29) is 0 Å². The highest BCUT2D eigenvalue weighted by Crippen LogP contribution is 2.25. The third kappa shape index (κ3) is 2.39. The van der Waals surface area contributed by atoms with Gasteiger partial charge in [-0.3, -0.25) is 4.98 Å². The molecule has 2 aromatic rings. The third-order valence-electron chi connectivity index (χ3n) is 4.25. The zero-order valence-corrected chi connectivity index (χ0v) is 11.9. The Labute approximate surface area is 119 Å². The molecule has 1 aromatic carbocycles. The molecule has 3 heteroatoms. The molecule has 0 saturated heterocycles. The Morgan fingerprint density at radius 2 is 2.05 bits per heavy atom. The number of para-hydroxylation sites is 1. The monoisotopic (exact) mass is 265 g/mol. The van der Waals surface area contributed by atoms with E-state index in [1.165, 1.54) is 22.2 Å². The number of benzene rings is 1. The van der Waals surface area contributed by atoms with Crippen LogP contribution in [0.4, 0.5) is 0 Å². The maximum atomic E-state index is 8.72. The fourth-order valence-corrected chi connectivity index (χ4v) is 3.10. The van der Waals surface area contributed by atoms with Crippen LogP contribution in [0, 0.1) is 18.3 Å². The molecule has 2 heterocycles. The number of nitriles is 1. The third-order valence-corrected chi connectivity index (χ3v) is 4.25. The summed E-state index contributed by atoms with van der Waals surface area (Å²) < 4.78 is 0. The Morgan fingerprint density at radius 1 is 1.25 bits per heavy atom. The van der Waals surface area contributed by atoms with E-state index in [0.29, 0.717) is 6.42 Å². The normalized spacial score (nSPS) is 15.6. The number of aromatic nitrogens is 1. The molecule has 102 valence electrons. The minimum absolute atomic E-state index is 0.616. The standard InChI is InChI=1S/C17H19N3/c1-13-14-5-2-3-6-16(14)19-17-8-12-20(10-4-9-18)11-7-15(13)17/h2-3,5-6H,4,7-8,10-12H2,1H3. The number of hydrogen-bond donors (Lipinski definition) is 0. The van der Waals surface area contributed by atoms with Gasteiger partial charge in [0.25, 0.3) is 0 Å². The Hall–Kier alpha value is -1.92. The van der Waals surface area contributed by atoms with Crippen LogP contribution in [0.1, 0.15) is 23.2 Å². The summed E-state index contributed by atoms with van der Waals surface area (Å²) in [4.78, 5) is 7.24. The lowest BCUT2D eigenvalue weighted by Crippen LogP contribution is -2.27. The number of pyridine rings is 1. The average Bonchev–Trinajstić information content (AvgIpc) is 2.68. The van der Waals surface area contributed by atoms with Gasteiger partial charge in [-0.25, -0.2) is 0 Å². The molecule has 0 radical (unpaired) electrons. The topological polar surface area (TPSA) is 39.9 Å². The van der Waals surface area contributed by atoms with Crippen LogP contribution in [0.5, 0.6) is 0 Å². The van der Waals surface area contributed by atoms with Crippen LogP contribution in [-0.2, 0) is 12.8 Å². The fourth-order valence-electron chi connectivity index (χ4n) is 3.10. The first-order chi connectivity index (χ1) is 9.79. The number of rotatable bonds is 2. The van der Waals surface area contributed by atoms with Gasteiger partial charge in [0.05, 0.1) is 11.6 Å². The van der Waals surface area contributed by atoms with Crippen LogP contribution in [0.3, 0.4) is 0 Å². The molecule has 0 atom stereocenters. The zero-order valence-electron chi connectivity index (χ0n) is 11.9. The van der Waals surface area contributed by atoms with E-state index < -0.39 is 0 Å². The highest BCUT2D eigenvalue weighted by Gasteiger charge is 2.17. The Morgan fingerprint density at radius 3 is 2.90 bits per heavy atom. The molecule has 0 N–H and O–H groups in total. The second kappa shape index (κ2) is 5.60. The van der Waals surface area contributed by atoms with E-state index in [2.05, 4.69) is 42.2 Å². The quantitative estimate of drug-likeness (QED) is 0.838. The SMILES string of the molecule is Cc1c2c(nc3ccccc13)CCN(CCC#N)CC2. The second-order valence-electron chi connectivity index (χ2n) is 5.43. The molecule has 1 aliphatic rings. The summed E-state index contributed by atoms with van der Waals surface area (Å²) in [6.45, 7) is 5.14. The van der Waals surface area contributed by atoms with Crippen molar-refractivity contribution in [2.45, 2.75) is 26.2 Å². The van der Waals surface area contributed by atoms with E-state index in [1.54, 1.807) is 0 Å². The maximum absolute atomic E-state index is 8.72. The highest BCUT2D eigenvalue weighted by atomic mass is 15.1. The minimum atomic E-state index is 0.616. The van der Waals surface area contributed by atoms with Crippen LogP contribution in [0.2, 0.25) is 0 Å². The van der Waals surface area contributed by atoms with Gasteiger partial charge in [-0.1, -0.05) is 18.2 Å². The van der Waals surface area contributed by atoms with Crippen molar-refractivity contribution in [1.29, 1.82) is 5.26 Å². The van der Waals surface area contributed by atoms with Crippen molar-refractivity contribution in [2.75, 3.05) is 19.6 Å². The summed E-state index contributed by atoms with van der Waals surface area (Å²) in [5, 5.41) is 10.00. The largest absolute Gasteiger partial charge is 0.302 e. The number of fused-ring (bicyclic) bond motifs is 2. The first-order valence-corrected chi connectivity index (χ1v) is 7.26. The molecule has 3 rings (SSSR count). The number of nitrogens with zero attached hydrogens (tertiary/aromatic N) is 3. The molecule has 0 bridgehead atoms. The lowest BCUT2D eigenvalue weighted by Gasteiger charge is -2.17. The first-order valence-electron chi connectivity index (χ1n) is 7.26.